The van der Waals surface area contributed by atoms with E-state index >= 15 is 0 Å². The Balaban J connectivity index is 1.45. The highest BCUT2D eigenvalue weighted by atomic mass is 32.2. The van der Waals surface area contributed by atoms with Gasteiger partial charge in [-0.15, -0.1) is 0 Å². The second kappa shape index (κ2) is 9.17. The maximum absolute atomic E-state index is 12.2. The van der Waals surface area contributed by atoms with E-state index in [9.17, 15) is 18.0 Å². The van der Waals surface area contributed by atoms with Crippen molar-refractivity contribution in [3.63, 3.8) is 0 Å². The molecule has 0 aliphatic carbocycles. The molecule has 0 spiro atoms. The van der Waals surface area contributed by atoms with Crippen molar-refractivity contribution in [2.75, 3.05) is 18.8 Å². The summed E-state index contributed by atoms with van der Waals surface area (Å²) < 4.78 is 29.6. The average molecular weight is 420 g/mol. The fraction of sp³-hybridized carbons (Fsp3) is 0.474. The molecule has 1 saturated heterocycles. The lowest BCUT2D eigenvalue weighted by Gasteiger charge is -2.29. The summed E-state index contributed by atoms with van der Waals surface area (Å²) in [6, 6.07) is 8.04. The van der Waals surface area contributed by atoms with E-state index in [0.29, 0.717) is 18.9 Å². The Kier molecular flexibility index (Phi) is 6.63. The summed E-state index contributed by atoms with van der Waals surface area (Å²) >= 11 is 0. The second-order valence-electron chi connectivity index (χ2n) is 6.99. The highest BCUT2D eigenvalue weighted by Gasteiger charge is 2.25. The summed E-state index contributed by atoms with van der Waals surface area (Å²) in [6.07, 6.45) is 1.38. The molecule has 0 atom stereocenters. The van der Waals surface area contributed by atoms with Crippen LogP contribution in [-0.2, 0) is 26.0 Å². The minimum absolute atomic E-state index is 0.0451. The van der Waals surface area contributed by atoms with Crippen LogP contribution in [0.3, 0.4) is 0 Å². The fourth-order valence-electron chi connectivity index (χ4n) is 3.19. The van der Waals surface area contributed by atoms with Gasteiger partial charge in [0.2, 0.25) is 17.7 Å². The van der Waals surface area contributed by atoms with Gasteiger partial charge in [0.25, 0.3) is 0 Å². The number of carbonyl (C=O) groups excluding carboxylic acids is 2. The molecule has 156 valence electrons. The van der Waals surface area contributed by atoms with Crippen molar-refractivity contribution < 1.29 is 22.5 Å². The van der Waals surface area contributed by atoms with Crippen molar-refractivity contribution in [1.29, 1.82) is 0 Å². The molecular weight excluding hydrogens is 396 g/mol. The van der Waals surface area contributed by atoms with Crippen molar-refractivity contribution in [3.05, 3.63) is 42.0 Å². The van der Waals surface area contributed by atoms with Gasteiger partial charge in [-0.1, -0.05) is 23.4 Å². The Labute approximate surface area is 169 Å². The molecule has 2 heterocycles. The van der Waals surface area contributed by atoms with Gasteiger partial charge in [0.05, 0.1) is 17.2 Å². The van der Waals surface area contributed by atoms with Gasteiger partial charge in [-0.3, -0.25) is 9.59 Å². The normalized spacial score (nSPS) is 15.3. The number of aromatic nitrogens is 2. The van der Waals surface area contributed by atoms with Crippen molar-refractivity contribution >= 4 is 21.7 Å². The first-order chi connectivity index (χ1) is 13.8. The molecule has 2 aromatic rings. The summed E-state index contributed by atoms with van der Waals surface area (Å²) in [6.45, 7) is 2.93. The van der Waals surface area contributed by atoms with E-state index in [1.165, 1.54) is 12.1 Å². The van der Waals surface area contributed by atoms with Gasteiger partial charge >= 0.3 is 0 Å². The predicted octanol–water partition coefficient (Wildman–Crippen LogP) is 1.28. The molecule has 9 nitrogen and oxygen atoms in total. The Bertz CT molecular complexity index is 950. The lowest BCUT2D eigenvalue weighted by atomic mass is 9.96. The number of rotatable bonds is 7. The van der Waals surface area contributed by atoms with Crippen LogP contribution in [0.15, 0.2) is 39.8 Å². The number of hydrogen-bond donors (Lipinski definition) is 1. The monoisotopic (exact) mass is 420 g/mol. The zero-order valence-electron chi connectivity index (χ0n) is 16.2. The van der Waals surface area contributed by atoms with Gasteiger partial charge in [0, 0.05) is 32.4 Å². The highest BCUT2D eigenvalue weighted by molar-refractivity contribution is 7.91. The van der Waals surface area contributed by atoms with E-state index in [1.54, 1.807) is 30.0 Å². The molecule has 1 fully saturated rings. The molecule has 0 saturated carbocycles. The summed E-state index contributed by atoms with van der Waals surface area (Å²) in [4.78, 5) is 29.7. The van der Waals surface area contributed by atoms with Crippen molar-refractivity contribution in [2.45, 2.75) is 43.5 Å². The number of likely N-dealkylation sites (tertiary alicyclic amines) is 1. The van der Waals surface area contributed by atoms with Crippen molar-refractivity contribution in [2.24, 2.45) is 0 Å². The van der Waals surface area contributed by atoms with Gasteiger partial charge in [-0.2, -0.15) is 4.98 Å². The average Bonchev–Trinajstić information content (AvgIpc) is 3.20. The third kappa shape index (κ3) is 5.63. The summed E-state index contributed by atoms with van der Waals surface area (Å²) in [7, 11) is -3.50. The van der Waals surface area contributed by atoms with Crippen LogP contribution in [0.25, 0.3) is 0 Å². The molecule has 2 amide bonds. The minimum atomic E-state index is -3.50. The maximum atomic E-state index is 12.2. The molecule has 1 aliphatic heterocycles. The molecule has 10 heteroatoms. The van der Waals surface area contributed by atoms with Gasteiger partial charge in [-0.25, -0.2) is 8.42 Å². The number of nitrogens with zero attached hydrogens (tertiary/aromatic N) is 3. The molecule has 1 aliphatic rings. The Morgan fingerprint density at radius 1 is 1.21 bits per heavy atom. The molecule has 29 heavy (non-hydrogen) atoms. The van der Waals surface area contributed by atoms with Crippen LogP contribution < -0.4 is 5.32 Å². The van der Waals surface area contributed by atoms with Crippen LogP contribution in [0.4, 0.5) is 0 Å². The number of benzene rings is 1. The smallest absolute Gasteiger partial charge is 0.246 e. The first kappa shape index (κ1) is 21.0. The number of carbonyl (C=O) groups is 2. The summed E-state index contributed by atoms with van der Waals surface area (Å²) in [5.41, 5.74) is 0. The second-order valence-corrected chi connectivity index (χ2v) is 9.09. The standard InChI is InChI=1S/C19H24N4O5S/c1-14(24)23-10-7-15(8-11-23)19-21-18(28-22-19)13-20-17(25)9-12-29(26,27)16-5-3-2-4-6-16/h2-6,15H,7-13H2,1H3,(H,20,25). The Morgan fingerprint density at radius 3 is 2.55 bits per heavy atom. The van der Waals surface area contributed by atoms with E-state index in [4.69, 9.17) is 4.52 Å². The molecule has 1 N–H and O–H groups in total. The predicted molar refractivity (Wildman–Crippen MR) is 103 cm³/mol. The molecular formula is C19H24N4O5S. The van der Waals surface area contributed by atoms with E-state index in [1.807, 2.05) is 0 Å². The summed E-state index contributed by atoms with van der Waals surface area (Å²) in [5.74, 6) is 0.354. The number of nitrogens with one attached hydrogen (secondary N) is 1. The van der Waals surface area contributed by atoms with Gasteiger partial charge in [-0.05, 0) is 25.0 Å². The van der Waals surface area contributed by atoms with Crippen LogP contribution in [0.2, 0.25) is 0 Å². The van der Waals surface area contributed by atoms with Gasteiger partial charge in [0.1, 0.15) is 0 Å². The molecule has 1 aromatic carbocycles. The first-order valence-corrected chi connectivity index (χ1v) is 11.1. The van der Waals surface area contributed by atoms with Gasteiger partial charge < -0.3 is 14.7 Å². The number of hydrogen-bond acceptors (Lipinski definition) is 7. The van der Waals surface area contributed by atoms with Crippen LogP contribution in [0.5, 0.6) is 0 Å². The maximum Gasteiger partial charge on any atom is 0.246 e. The number of piperidine rings is 1. The van der Waals surface area contributed by atoms with Crippen LogP contribution in [0.1, 0.15) is 43.8 Å². The zero-order chi connectivity index (χ0) is 20.9. The summed E-state index contributed by atoms with van der Waals surface area (Å²) in [5, 5.41) is 6.58. The van der Waals surface area contributed by atoms with Crippen LogP contribution >= 0.6 is 0 Å². The van der Waals surface area contributed by atoms with E-state index in [-0.39, 0.29) is 41.3 Å². The number of amides is 2. The lowest BCUT2D eigenvalue weighted by Crippen LogP contribution is -2.36. The molecule has 3 rings (SSSR count). The first-order valence-electron chi connectivity index (χ1n) is 9.47. The lowest BCUT2D eigenvalue weighted by molar-refractivity contribution is -0.129. The SMILES string of the molecule is CC(=O)N1CCC(c2noc(CNC(=O)CCS(=O)(=O)c3ccccc3)n2)CC1. The van der Waals surface area contributed by atoms with E-state index < -0.39 is 15.7 Å². The van der Waals surface area contributed by atoms with E-state index in [0.717, 1.165) is 12.8 Å². The van der Waals surface area contributed by atoms with Gasteiger partial charge in [0.15, 0.2) is 15.7 Å². The van der Waals surface area contributed by atoms with Crippen molar-refractivity contribution in [3.8, 4) is 0 Å². The number of sulfone groups is 1. The molecule has 1 aromatic heterocycles. The quantitative estimate of drug-likeness (QED) is 0.716. The third-order valence-electron chi connectivity index (χ3n) is 4.93. The third-order valence-corrected chi connectivity index (χ3v) is 6.66. The molecule has 0 bridgehead atoms. The molecule has 0 radical (unpaired) electrons. The Hall–Kier alpha value is -2.75. The van der Waals surface area contributed by atoms with Crippen LogP contribution in [0, 0.1) is 0 Å². The molecule has 0 unspecified atom stereocenters. The Morgan fingerprint density at radius 2 is 1.90 bits per heavy atom. The topological polar surface area (TPSA) is 122 Å². The minimum Gasteiger partial charge on any atom is -0.347 e. The van der Waals surface area contributed by atoms with Crippen molar-refractivity contribution in [1.82, 2.24) is 20.4 Å². The van der Waals surface area contributed by atoms with E-state index in [2.05, 4.69) is 15.5 Å². The zero-order valence-corrected chi connectivity index (χ0v) is 17.0. The van der Waals surface area contributed by atoms with Crippen LogP contribution in [-0.4, -0.2) is 54.1 Å². The fourth-order valence-corrected chi connectivity index (χ4v) is 4.46. The largest absolute Gasteiger partial charge is 0.347 e. The highest BCUT2D eigenvalue weighted by Crippen LogP contribution is 2.25.